The molecule has 0 radical (unpaired) electrons. The van der Waals surface area contributed by atoms with Crippen LogP contribution in [0.3, 0.4) is 0 Å². The number of benzene rings is 3. The summed E-state index contributed by atoms with van der Waals surface area (Å²) in [5, 5.41) is 6.84. The van der Waals surface area contributed by atoms with Crippen LogP contribution in [0.15, 0.2) is 65.8 Å². The molecule has 0 aliphatic rings. The number of methoxy groups -OCH3 is 1. The zero-order valence-corrected chi connectivity index (χ0v) is 22.9. The molecule has 9 nitrogen and oxygen atoms in total. The summed E-state index contributed by atoms with van der Waals surface area (Å²) in [7, 11) is 1.51. The minimum absolute atomic E-state index is 0.181. The van der Waals surface area contributed by atoms with E-state index >= 15 is 0 Å². The average molecular weight is 617 g/mol. The van der Waals surface area contributed by atoms with Gasteiger partial charge < -0.3 is 24.3 Å². The van der Waals surface area contributed by atoms with E-state index < -0.39 is 5.91 Å². The standard InChI is InChI=1S/C27H28IN3O6/c1-4-35-22-12-11-19(15-23(22)34-3)27(33)31-29-16-18-13-21(28)26(24(14-18)36-5-2)37-17-25(32)30-20-9-7-6-8-10-20/h6-16H,4-5,17H2,1-3H3,(H,30,32)(H,31,33)/b29-16+. The molecular weight excluding hydrogens is 589 g/mol. The number of hydrogen-bond donors (Lipinski definition) is 2. The predicted molar refractivity (Wildman–Crippen MR) is 150 cm³/mol. The SMILES string of the molecule is CCOc1ccc(C(=O)N/N=C/c2cc(I)c(OCC(=O)Nc3ccccc3)c(OCC)c2)cc1OC. The summed E-state index contributed by atoms with van der Waals surface area (Å²) in [4.78, 5) is 24.8. The van der Waals surface area contributed by atoms with Crippen LogP contribution in [0.25, 0.3) is 0 Å². The number of anilines is 1. The molecule has 0 aliphatic heterocycles. The van der Waals surface area contributed by atoms with Crippen LogP contribution in [0.2, 0.25) is 0 Å². The first-order valence-electron chi connectivity index (χ1n) is 11.5. The maximum absolute atomic E-state index is 12.5. The van der Waals surface area contributed by atoms with E-state index in [9.17, 15) is 9.59 Å². The highest BCUT2D eigenvalue weighted by Gasteiger charge is 2.14. The quantitative estimate of drug-likeness (QED) is 0.171. The monoisotopic (exact) mass is 617 g/mol. The van der Waals surface area contributed by atoms with Crippen LogP contribution < -0.4 is 29.7 Å². The van der Waals surface area contributed by atoms with Gasteiger partial charge in [0.1, 0.15) is 0 Å². The number of hydrazone groups is 1. The second kappa shape index (κ2) is 14.1. The van der Waals surface area contributed by atoms with Crippen molar-refractivity contribution in [3.8, 4) is 23.0 Å². The smallest absolute Gasteiger partial charge is 0.271 e. The summed E-state index contributed by atoms with van der Waals surface area (Å²) in [6.45, 7) is 4.43. The molecule has 0 aliphatic carbocycles. The Morgan fingerprint density at radius 1 is 0.919 bits per heavy atom. The number of amides is 2. The predicted octanol–water partition coefficient (Wildman–Crippen LogP) is 4.88. The van der Waals surface area contributed by atoms with Gasteiger partial charge in [-0.2, -0.15) is 5.10 Å². The van der Waals surface area contributed by atoms with Gasteiger partial charge in [0.15, 0.2) is 29.6 Å². The van der Waals surface area contributed by atoms with Gasteiger partial charge in [0.25, 0.3) is 11.8 Å². The van der Waals surface area contributed by atoms with E-state index in [1.165, 1.54) is 13.3 Å². The fourth-order valence-electron chi connectivity index (χ4n) is 3.24. The molecule has 0 bridgehead atoms. The number of rotatable bonds is 12. The van der Waals surface area contributed by atoms with Crippen molar-refractivity contribution in [3.63, 3.8) is 0 Å². The van der Waals surface area contributed by atoms with Crippen molar-refractivity contribution < 1.29 is 28.5 Å². The van der Waals surface area contributed by atoms with Crippen molar-refractivity contribution in [1.29, 1.82) is 0 Å². The van der Waals surface area contributed by atoms with E-state index in [0.717, 1.165) is 3.57 Å². The Morgan fingerprint density at radius 3 is 2.35 bits per heavy atom. The van der Waals surface area contributed by atoms with Gasteiger partial charge in [0.2, 0.25) is 0 Å². The second-order valence-corrected chi connectivity index (χ2v) is 8.63. The molecule has 3 aromatic rings. The number of halogens is 1. The number of ether oxygens (including phenoxy) is 4. The van der Waals surface area contributed by atoms with Gasteiger partial charge in [-0.15, -0.1) is 0 Å². The van der Waals surface area contributed by atoms with Crippen LogP contribution in [0, 0.1) is 3.57 Å². The maximum Gasteiger partial charge on any atom is 0.271 e. The summed E-state index contributed by atoms with van der Waals surface area (Å²) in [5.41, 5.74) is 4.25. The highest BCUT2D eigenvalue weighted by Crippen LogP contribution is 2.34. The number of nitrogens with zero attached hydrogens (tertiary/aromatic N) is 1. The fraction of sp³-hybridized carbons (Fsp3) is 0.222. The third-order valence-electron chi connectivity index (χ3n) is 4.84. The maximum atomic E-state index is 12.5. The van der Waals surface area contributed by atoms with Gasteiger partial charge in [0, 0.05) is 11.3 Å². The Kier molecular flexibility index (Phi) is 10.6. The first kappa shape index (κ1) is 27.8. The molecule has 0 spiro atoms. The Morgan fingerprint density at radius 2 is 1.65 bits per heavy atom. The molecule has 194 valence electrons. The summed E-state index contributed by atoms with van der Waals surface area (Å²) in [6.07, 6.45) is 1.50. The normalized spacial score (nSPS) is 10.6. The largest absolute Gasteiger partial charge is 0.493 e. The van der Waals surface area contributed by atoms with E-state index in [1.54, 1.807) is 36.4 Å². The Bertz CT molecular complexity index is 1250. The third-order valence-corrected chi connectivity index (χ3v) is 5.64. The van der Waals surface area contributed by atoms with Crippen molar-refractivity contribution in [2.75, 3.05) is 32.2 Å². The second-order valence-electron chi connectivity index (χ2n) is 7.46. The number of hydrogen-bond acceptors (Lipinski definition) is 7. The van der Waals surface area contributed by atoms with Crippen LogP contribution >= 0.6 is 22.6 Å². The van der Waals surface area contributed by atoms with Crippen molar-refractivity contribution in [2.24, 2.45) is 5.10 Å². The molecular formula is C27H28IN3O6. The Hall–Kier alpha value is -3.80. The number of carbonyl (C=O) groups is 2. The molecule has 0 fully saturated rings. The molecule has 3 aromatic carbocycles. The van der Waals surface area contributed by atoms with Gasteiger partial charge in [-0.05, 0) is 84.5 Å². The van der Waals surface area contributed by atoms with Crippen LogP contribution in [0.4, 0.5) is 5.69 Å². The summed E-state index contributed by atoms with van der Waals surface area (Å²) >= 11 is 2.10. The summed E-state index contributed by atoms with van der Waals surface area (Å²) in [6, 6.07) is 17.6. The lowest BCUT2D eigenvalue weighted by molar-refractivity contribution is -0.118. The van der Waals surface area contributed by atoms with Gasteiger partial charge in [-0.25, -0.2) is 5.43 Å². The van der Waals surface area contributed by atoms with Gasteiger partial charge >= 0.3 is 0 Å². The minimum atomic E-state index is -0.401. The molecule has 37 heavy (non-hydrogen) atoms. The third kappa shape index (κ3) is 8.10. The molecule has 0 unspecified atom stereocenters. The van der Waals surface area contributed by atoms with E-state index in [-0.39, 0.29) is 12.5 Å². The highest BCUT2D eigenvalue weighted by atomic mass is 127. The lowest BCUT2D eigenvalue weighted by Gasteiger charge is -2.14. The average Bonchev–Trinajstić information content (AvgIpc) is 2.89. The molecule has 2 N–H and O–H groups in total. The van der Waals surface area contributed by atoms with Gasteiger partial charge in [-0.1, -0.05) is 18.2 Å². The van der Waals surface area contributed by atoms with Crippen LogP contribution in [0.1, 0.15) is 29.8 Å². The molecule has 0 saturated heterocycles. The fourth-order valence-corrected chi connectivity index (χ4v) is 4.02. The molecule has 0 aromatic heterocycles. The first-order valence-corrected chi connectivity index (χ1v) is 12.6. The van der Waals surface area contributed by atoms with Crippen molar-refractivity contribution in [2.45, 2.75) is 13.8 Å². The molecule has 10 heteroatoms. The highest BCUT2D eigenvalue weighted by molar-refractivity contribution is 14.1. The van der Waals surface area contributed by atoms with Crippen LogP contribution in [0.5, 0.6) is 23.0 Å². The lowest BCUT2D eigenvalue weighted by atomic mass is 10.2. The van der Waals surface area contributed by atoms with E-state index in [4.69, 9.17) is 18.9 Å². The minimum Gasteiger partial charge on any atom is -0.493 e. The van der Waals surface area contributed by atoms with Crippen LogP contribution in [-0.2, 0) is 4.79 Å². The number of nitrogens with one attached hydrogen (secondary N) is 2. The van der Waals surface area contributed by atoms with Gasteiger partial charge in [-0.3, -0.25) is 9.59 Å². The Balaban J connectivity index is 1.66. The number of carbonyl (C=O) groups excluding carboxylic acids is 2. The zero-order valence-electron chi connectivity index (χ0n) is 20.7. The molecule has 0 saturated carbocycles. The zero-order chi connectivity index (χ0) is 26.6. The molecule has 0 heterocycles. The van der Waals surface area contributed by atoms with E-state index in [0.29, 0.717) is 53.0 Å². The molecule has 2 amide bonds. The summed E-state index contributed by atoms with van der Waals surface area (Å²) < 4.78 is 23.0. The van der Waals surface area contributed by atoms with Gasteiger partial charge in [0.05, 0.1) is 30.1 Å². The first-order chi connectivity index (χ1) is 17.9. The summed E-state index contributed by atoms with van der Waals surface area (Å²) in [5.74, 6) is 1.25. The van der Waals surface area contributed by atoms with Crippen LogP contribution in [-0.4, -0.2) is 45.0 Å². The Labute approximate surface area is 229 Å². The number of para-hydroxylation sites is 1. The van der Waals surface area contributed by atoms with E-state index in [1.807, 2.05) is 38.1 Å². The van der Waals surface area contributed by atoms with Crippen molar-refractivity contribution in [3.05, 3.63) is 75.4 Å². The molecule has 0 atom stereocenters. The lowest BCUT2D eigenvalue weighted by Crippen LogP contribution is -2.20. The topological polar surface area (TPSA) is 107 Å². The van der Waals surface area contributed by atoms with E-state index in [2.05, 4.69) is 38.4 Å². The van der Waals surface area contributed by atoms with Crippen molar-refractivity contribution in [1.82, 2.24) is 5.43 Å². The molecule has 3 rings (SSSR count). The van der Waals surface area contributed by atoms with Crippen molar-refractivity contribution >= 4 is 46.3 Å².